The van der Waals surface area contributed by atoms with Gasteiger partial charge in [-0.1, -0.05) is 24.3 Å². The zero-order chi connectivity index (χ0) is 17.9. The first kappa shape index (κ1) is 16.5. The summed E-state index contributed by atoms with van der Waals surface area (Å²) in [5, 5.41) is 19.0. The second-order valence-corrected chi connectivity index (χ2v) is 5.49. The van der Waals surface area contributed by atoms with Gasteiger partial charge in [0.25, 0.3) is 0 Å². The number of ether oxygens (including phenoxy) is 2. The fraction of sp³-hybridized carbons (Fsp3) is 0.211. The van der Waals surface area contributed by atoms with Gasteiger partial charge in [0.1, 0.15) is 12.4 Å². The summed E-state index contributed by atoms with van der Waals surface area (Å²) in [6, 6.07) is 15.4. The summed E-state index contributed by atoms with van der Waals surface area (Å²) in [7, 11) is 0. The molecule has 1 heterocycles. The number of nitriles is 1. The second kappa shape index (κ2) is 6.65. The zero-order valence-corrected chi connectivity index (χ0v) is 13.6. The summed E-state index contributed by atoms with van der Waals surface area (Å²) in [5.74, 6) is -0.348. The van der Waals surface area contributed by atoms with Gasteiger partial charge in [0.05, 0.1) is 18.2 Å². The molecular weight excluding hydrogens is 320 g/mol. The van der Waals surface area contributed by atoms with Crippen LogP contribution in [-0.2, 0) is 19.8 Å². The van der Waals surface area contributed by atoms with Gasteiger partial charge in [0.15, 0.2) is 0 Å². The van der Waals surface area contributed by atoms with Gasteiger partial charge in [-0.15, -0.1) is 0 Å². The lowest BCUT2D eigenvalue weighted by Crippen LogP contribution is -2.38. The summed E-state index contributed by atoms with van der Waals surface area (Å²) >= 11 is 0. The Kier molecular flexibility index (Phi) is 4.40. The average Bonchev–Trinajstić information content (AvgIpc) is 3.09. The number of hydrogen-bond acceptors (Lipinski definition) is 6. The minimum atomic E-state index is -1.47. The Morgan fingerprint density at radius 3 is 2.80 bits per heavy atom. The molecule has 2 aromatic rings. The van der Waals surface area contributed by atoms with Gasteiger partial charge in [-0.3, -0.25) is 0 Å². The van der Waals surface area contributed by atoms with E-state index in [0.29, 0.717) is 11.5 Å². The molecule has 0 saturated heterocycles. The number of aliphatic imine (C=N–C) groups is 1. The van der Waals surface area contributed by atoms with Gasteiger partial charge in [-0.25, -0.2) is 9.79 Å². The maximum atomic E-state index is 12.7. The number of esters is 1. The molecule has 25 heavy (non-hydrogen) atoms. The van der Waals surface area contributed by atoms with E-state index in [2.05, 4.69) is 4.99 Å². The fourth-order valence-electron chi connectivity index (χ4n) is 2.73. The summed E-state index contributed by atoms with van der Waals surface area (Å²) < 4.78 is 10.9. The predicted octanol–water partition coefficient (Wildman–Crippen LogP) is 2.50. The van der Waals surface area contributed by atoms with Crippen molar-refractivity contribution in [3.05, 3.63) is 65.2 Å². The van der Waals surface area contributed by atoms with E-state index in [1.807, 2.05) is 36.4 Å². The summed E-state index contributed by atoms with van der Waals surface area (Å²) in [6.07, 6.45) is 0. The molecule has 2 aromatic carbocycles. The van der Waals surface area contributed by atoms with Crippen molar-refractivity contribution >= 4 is 11.9 Å². The normalized spacial score (nSPS) is 18.8. The van der Waals surface area contributed by atoms with Crippen LogP contribution >= 0.6 is 0 Å². The van der Waals surface area contributed by atoms with E-state index in [1.54, 1.807) is 6.92 Å². The first-order valence-corrected chi connectivity index (χ1v) is 7.79. The van der Waals surface area contributed by atoms with Crippen LogP contribution in [0.5, 0.6) is 5.75 Å². The van der Waals surface area contributed by atoms with E-state index in [9.17, 15) is 15.2 Å². The Bertz CT molecular complexity index is 871. The SMILES string of the molecule is CCOC(=O)C1(c2ccc(O)cc2C#N)COC(c2ccccc2)=N1. The molecule has 126 valence electrons. The van der Waals surface area contributed by atoms with Crippen molar-refractivity contribution in [2.45, 2.75) is 12.5 Å². The van der Waals surface area contributed by atoms with E-state index in [1.165, 1.54) is 18.2 Å². The Balaban J connectivity index is 2.16. The van der Waals surface area contributed by atoms with Crippen LogP contribution in [-0.4, -0.2) is 30.2 Å². The number of rotatable bonds is 4. The number of benzene rings is 2. The molecule has 0 saturated carbocycles. The van der Waals surface area contributed by atoms with Gasteiger partial charge in [-0.2, -0.15) is 5.26 Å². The average molecular weight is 336 g/mol. The number of carbonyl (C=O) groups excluding carboxylic acids is 1. The molecule has 0 aliphatic carbocycles. The fourth-order valence-corrected chi connectivity index (χ4v) is 2.73. The van der Waals surface area contributed by atoms with Gasteiger partial charge in [-0.05, 0) is 31.2 Å². The van der Waals surface area contributed by atoms with Crippen LogP contribution in [0.15, 0.2) is 53.5 Å². The molecule has 1 N–H and O–H groups in total. The number of carbonyl (C=O) groups is 1. The van der Waals surface area contributed by atoms with Crippen LogP contribution in [0.3, 0.4) is 0 Å². The van der Waals surface area contributed by atoms with Gasteiger partial charge in [0, 0.05) is 11.1 Å². The molecule has 0 spiro atoms. The maximum absolute atomic E-state index is 12.7. The largest absolute Gasteiger partial charge is 0.508 e. The van der Waals surface area contributed by atoms with Crippen LogP contribution in [0.1, 0.15) is 23.6 Å². The van der Waals surface area contributed by atoms with Crippen molar-refractivity contribution in [1.29, 1.82) is 5.26 Å². The monoisotopic (exact) mass is 336 g/mol. The minimum absolute atomic E-state index is 0.0644. The third-order valence-corrected chi connectivity index (χ3v) is 3.91. The number of hydrogen-bond donors (Lipinski definition) is 1. The van der Waals surface area contributed by atoms with Gasteiger partial charge >= 0.3 is 5.97 Å². The summed E-state index contributed by atoms with van der Waals surface area (Å²) in [5.41, 5.74) is -0.252. The van der Waals surface area contributed by atoms with Crippen molar-refractivity contribution in [3.63, 3.8) is 0 Å². The molecule has 1 atom stereocenters. The number of nitrogens with zero attached hydrogens (tertiary/aromatic N) is 2. The van der Waals surface area contributed by atoms with E-state index >= 15 is 0 Å². The van der Waals surface area contributed by atoms with Crippen LogP contribution < -0.4 is 0 Å². The zero-order valence-electron chi connectivity index (χ0n) is 13.6. The van der Waals surface area contributed by atoms with E-state index in [4.69, 9.17) is 9.47 Å². The molecule has 0 amide bonds. The van der Waals surface area contributed by atoms with E-state index < -0.39 is 11.5 Å². The van der Waals surface area contributed by atoms with Crippen molar-refractivity contribution in [2.75, 3.05) is 13.2 Å². The molecule has 0 fully saturated rings. The Morgan fingerprint density at radius 1 is 1.36 bits per heavy atom. The highest BCUT2D eigenvalue weighted by Gasteiger charge is 2.49. The second-order valence-electron chi connectivity index (χ2n) is 5.49. The molecule has 1 aliphatic heterocycles. The van der Waals surface area contributed by atoms with Crippen LogP contribution in [0.2, 0.25) is 0 Å². The third kappa shape index (κ3) is 2.92. The number of aromatic hydroxyl groups is 1. The smallest absolute Gasteiger partial charge is 0.342 e. The Hall–Kier alpha value is -3.33. The van der Waals surface area contributed by atoms with Crippen molar-refractivity contribution in [1.82, 2.24) is 0 Å². The van der Waals surface area contributed by atoms with E-state index in [-0.39, 0.29) is 24.5 Å². The standard InChI is InChI=1S/C19H16N2O4/c1-2-24-18(23)19(16-9-8-15(22)10-14(16)11-20)12-25-17(21-19)13-6-4-3-5-7-13/h3-10,22H,2,12H2,1H3. The van der Waals surface area contributed by atoms with Crippen LogP contribution in [0.4, 0.5) is 0 Å². The topological polar surface area (TPSA) is 91.9 Å². The molecule has 1 aliphatic rings. The Morgan fingerprint density at radius 2 is 2.12 bits per heavy atom. The van der Waals surface area contributed by atoms with Crippen LogP contribution in [0, 0.1) is 11.3 Å². The molecule has 6 nitrogen and oxygen atoms in total. The quantitative estimate of drug-likeness (QED) is 0.866. The first-order valence-electron chi connectivity index (χ1n) is 7.79. The van der Waals surface area contributed by atoms with Crippen molar-refractivity contribution in [2.24, 2.45) is 4.99 Å². The Labute approximate surface area is 145 Å². The highest BCUT2D eigenvalue weighted by atomic mass is 16.5. The highest BCUT2D eigenvalue weighted by molar-refractivity contribution is 5.99. The van der Waals surface area contributed by atoms with Crippen molar-refractivity contribution < 1.29 is 19.4 Å². The van der Waals surface area contributed by atoms with Gasteiger partial charge in [0.2, 0.25) is 11.4 Å². The molecule has 0 bridgehead atoms. The highest BCUT2D eigenvalue weighted by Crippen LogP contribution is 2.37. The minimum Gasteiger partial charge on any atom is -0.508 e. The lowest BCUT2D eigenvalue weighted by Gasteiger charge is -2.23. The lowest BCUT2D eigenvalue weighted by molar-refractivity contribution is -0.150. The van der Waals surface area contributed by atoms with Crippen LogP contribution in [0.25, 0.3) is 0 Å². The van der Waals surface area contributed by atoms with Gasteiger partial charge < -0.3 is 14.6 Å². The van der Waals surface area contributed by atoms with Crippen molar-refractivity contribution in [3.8, 4) is 11.8 Å². The molecular formula is C19H16N2O4. The van der Waals surface area contributed by atoms with E-state index in [0.717, 1.165) is 5.56 Å². The molecule has 3 rings (SSSR count). The summed E-state index contributed by atoms with van der Waals surface area (Å²) in [4.78, 5) is 17.2. The number of phenols is 1. The molecule has 0 radical (unpaired) electrons. The third-order valence-electron chi connectivity index (χ3n) is 3.91. The number of phenolic OH excluding ortho intramolecular Hbond substituents is 1. The molecule has 6 heteroatoms. The maximum Gasteiger partial charge on any atom is 0.342 e. The molecule has 0 aromatic heterocycles. The predicted molar refractivity (Wildman–Crippen MR) is 90.1 cm³/mol. The molecule has 1 unspecified atom stereocenters. The first-order chi connectivity index (χ1) is 12.1. The lowest BCUT2D eigenvalue weighted by atomic mass is 9.88. The summed E-state index contributed by atoms with van der Waals surface area (Å²) in [6.45, 7) is 1.80.